The van der Waals surface area contributed by atoms with Gasteiger partial charge in [0, 0.05) is 32.7 Å². The molecule has 20 heavy (non-hydrogen) atoms. The monoisotopic (exact) mass is 287 g/mol. The van der Waals surface area contributed by atoms with Crippen LogP contribution in [0, 0.1) is 0 Å². The summed E-state index contributed by atoms with van der Waals surface area (Å²) in [6, 6.07) is -0.254. The Balaban J connectivity index is 2.44. The number of methoxy groups -OCH3 is 1. The summed E-state index contributed by atoms with van der Waals surface area (Å²) in [6.07, 6.45) is 1.72. The maximum Gasteiger partial charge on any atom is 0.305 e. The first-order valence-electron chi connectivity index (χ1n) is 7.09. The van der Waals surface area contributed by atoms with Crippen LogP contribution >= 0.6 is 0 Å². The van der Waals surface area contributed by atoms with Crippen molar-refractivity contribution in [2.45, 2.75) is 57.8 Å². The van der Waals surface area contributed by atoms with Gasteiger partial charge in [-0.15, -0.1) is 0 Å². The van der Waals surface area contributed by atoms with Gasteiger partial charge in [0.1, 0.15) is 0 Å². The summed E-state index contributed by atoms with van der Waals surface area (Å²) in [5.41, 5.74) is 0. The molecule has 1 fully saturated rings. The number of ether oxygens (including phenoxy) is 2. The van der Waals surface area contributed by atoms with Crippen LogP contribution in [0.4, 0.5) is 0 Å². The van der Waals surface area contributed by atoms with Crippen molar-refractivity contribution in [1.82, 2.24) is 4.90 Å². The number of carbonyl (C=O) groups is 2. The first kappa shape index (κ1) is 16.9. The molecule has 1 heterocycles. The molecule has 116 valence electrons. The Labute approximate surface area is 120 Å². The van der Waals surface area contributed by atoms with E-state index in [9.17, 15) is 9.59 Å². The van der Waals surface area contributed by atoms with Crippen molar-refractivity contribution < 1.29 is 24.2 Å². The molecule has 0 aliphatic carbocycles. The van der Waals surface area contributed by atoms with Gasteiger partial charge < -0.3 is 19.5 Å². The molecule has 1 amide bonds. The summed E-state index contributed by atoms with van der Waals surface area (Å²) in [6.45, 7) is 4.94. The van der Waals surface area contributed by atoms with Gasteiger partial charge in [-0.3, -0.25) is 9.59 Å². The van der Waals surface area contributed by atoms with E-state index in [2.05, 4.69) is 0 Å². The Morgan fingerprint density at radius 3 is 2.65 bits per heavy atom. The molecular weight excluding hydrogens is 262 g/mol. The minimum atomic E-state index is -0.882. The van der Waals surface area contributed by atoms with E-state index in [0.29, 0.717) is 32.4 Å². The van der Waals surface area contributed by atoms with E-state index in [-0.39, 0.29) is 30.6 Å². The molecular formula is C14H25NO5. The number of amides is 1. The fraction of sp³-hybridized carbons (Fsp3) is 0.857. The fourth-order valence-corrected chi connectivity index (χ4v) is 2.43. The van der Waals surface area contributed by atoms with Crippen LogP contribution in [0.15, 0.2) is 0 Å². The first-order valence-corrected chi connectivity index (χ1v) is 7.09. The van der Waals surface area contributed by atoms with Crippen molar-refractivity contribution in [3.63, 3.8) is 0 Å². The lowest BCUT2D eigenvalue weighted by Gasteiger charge is -2.23. The van der Waals surface area contributed by atoms with E-state index < -0.39 is 5.97 Å². The maximum absolute atomic E-state index is 12.2. The molecule has 0 aromatic carbocycles. The number of carbonyl (C=O) groups excluding carboxylic acids is 1. The Hall–Kier alpha value is -1.14. The minimum Gasteiger partial charge on any atom is -0.481 e. The second-order valence-electron chi connectivity index (χ2n) is 5.41. The predicted molar refractivity (Wildman–Crippen MR) is 73.5 cm³/mol. The Morgan fingerprint density at radius 2 is 2.10 bits per heavy atom. The highest BCUT2D eigenvalue weighted by molar-refractivity contribution is 5.78. The van der Waals surface area contributed by atoms with E-state index in [1.165, 1.54) is 0 Å². The van der Waals surface area contributed by atoms with Gasteiger partial charge in [-0.05, 0) is 26.7 Å². The van der Waals surface area contributed by atoms with Gasteiger partial charge in [-0.1, -0.05) is 0 Å². The van der Waals surface area contributed by atoms with Crippen LogP contribution in [0.1, 0.15) is 39.5 Å². The molecule has 1 saturated heterocycles. The van der Waals surface area contributed by atoms with Gasteiger partial charge in [-0.2, -0.15) is 0 Å². The highest BCUT2D eigenvalue weighted by atomic mass is 16.5. The van der Waals surface area contributed by atoms with Crippen LogP contribution in [0.25, 0.3) is 0 Å². The van der Waals surface area contributed by atoms with Crippen molar-refractivity contribution in [3.05, 3.63) is 0 Å². The lowest BCUT2D eigenvalue weighted by Crippen LogP contribution is -2.37. The second kappa shape index (κ2) is 8.21. The van der Waals surface area contributed by atoms with Crippen molar-refractivity contribution >= 4 is 11.9 Å². The topological polar surface area (TPSA) is 76.1 Å². The van der Waals surface area contributed by atoms with Gasteiger partial charge >= 0.3 is 5.97 Å². The zero-order valence-electron chi connectivity index (χ0n) is 12.5. The molecule has 1 rings (SSSR count). The third kappa shape index (κ3) is 5.46. The summed E-state index contributed by atoms with van der Waals surface area (Å²) in [7, 11) is 1.59. The van der Waals surface area contributed by atoms with Gasteiger partial charge in [0.15, 0.2) is 0 Å². The lowest BCUT2D eigenvalue weighted by molar-refractivity contribution is -0.140. The summed E-state index contributed by atoms with van der Waals surface area (Å²) in [5.74, 6) is -0.893. The number of likely N-dealkylation sites (tertiary alicyclic amines) is 1. The third-order valence-electron chi connectivity index (χ3n) is 3.43. The molecule has 0 radical (unpaired) electrons. The van der Waals surface area contributed by atoms with Crippen molar-refractivity contribution in [2.75, 3.05) is 20.3 Å². The largest absolute Gasteiger partial charge is 0.481 e. The highest BCUT2D eigenvalue weighted by Crippen LogP contribution is 2.23. The standard InChI is InChI=1S/C14H25NO5/c1-10(2)20-6-4-5-13(16)15-9-12(19-3)7-11(15)8-14(17)18/h10-12H,4-9H2,1-3H3,(H,17,18). The minimum absolute atomic E-state index is 0.0110. The average Bonchev–Trinajstić information content (AvgIpc) is 2.76. The molecule has 1 aliphatic rings. The molecule has 2 unspecified atom stereocenters. The van der Waals surface area contributed by atoms with E-state index in [0.717, 1.165) is 0 Å². The quantitative estimate of drug-likeness (QED) is 0.681. The molecule has 6 heteroatoms. The summed E-state index contributed by atoms with van der Waals surface area (Å²) < 4.78 is 10.6. The van der Waals surface area contributed by atoms with Gasteiger partial charge in [0.05, 0.1) is 18.6 Å². The van der Waals surface area contributed by atoms with Gasteiger partial charge in [0.2, 0.25) is 5.91 Å². The normalized spacial score (nSPS) is 22.5. The molecule has 2 atom stereocenters. The van der Waals surface area contributed by atoms with Crippen molar-refractivity contribution in [3.8, 4) is 0 Å². The molecule has 1 aliphatic heterocycles. The average molecular weight is 287 g/mol. The lowest BCUT2D eigenvalue weighted by atomic mass is 10.1. The van der Waals surface area contributed by atoms with Crippen LogP contribution in [0.3, 0.4) is 0 Å². The van der Waals surface area contributed by atoms with Crippen molar-refractivity contribution in [2.24, 2.45) is 0 Å². The summed E-state index contributed by atoms with van der Waals surface area (Å²) in [5, 5.41) is 8.91. The fourth-order valence-electron chi connectivity index (χ4n) is 2.43. The molecule has 0 aromatic rings. The van der Waals surface area contributed by atoms with Crippen LogP contribution in [0.2, 0.25) is 0 Å². The number of aliphatic carboxylic acids is 1. The number of carboxylic acid groups (broad SMARTS) is 1. The highest BCUT2D eigenvalue weighted by Gasteiger charge is 2.36. The molecule has 0 aromatic heterocycles. The Morgan fingerprint density at radius 1 is 1.40 bits per heavy atom. The van der Waals surface area contributed by atoms with Crippen molar-refractivity contribution in [1.29, 1.82) is 0 Å². The molecule has 0 spiro atoms. The van der Waals surface area contributed by atoms with E-state index in [4.69, 9.17) is 14.6 Å². The number of hydrogen-bond donors (Lipinski definition) is 1. The third-order valence-corrected chi connectivity index (χ3v) is 3.43. The number of rotatable bonds is 8. The van der Waals surface area contributed by atoms with E-state index in [1.807, 2.05) is 13.8 Å². The molecule has 1 N–H and O–H groups in total. The van der Waals surface area contributed by atoms with Gasteiger partial charge in [0.25, 0.3) is 0 Å². The Bertz CT molecular complexity index is 332. The zero-order chi connectivity index (χ0) is 15.1. The number of carboxylic acids is 1. The first-order chi connectivity index (χ1) is 9.43. The smallest absolute Gasteiger partial charge is 0.305 e. The second-order valence-corrected chi connectivity index (χ2v) is 5.41. The van der Waals surface area contributed by atoms with Crippen LogP contribution < -0.4 is 0 Å². The molecule has 0 bridgehead atoms. The van der Waals surface area contributed by atoms with Gasteiger partial charge in [-0.25, -0.2) is 0 Å². The van der Waals surface area contributed by atoms with Crippen LogP contribution in [-0.4, -0.2) is 60.4 Å². The van der Waals surface area contributed by atoms with Crippen LogP contribution in [0.5, 0.6) is 0 Å². The molecule has 0 saturated carbocycles. The molecule has 6 nitrogen and oxygen atoms in total. The maximum atomic E-state index is 12.2. The predicted octanol–water partition coefficient (Wildman–Crippen LogP) is 1.28. The summed E-state index contributed by atoms with van der Waals surface area (Å²) in [4.78, 5) is 24.7. The van der Waals surface area contributed by atoms with E-state index >= 15 is 0 Å². The Kier molecular flexibility index (Phi) is 6.95. The van der Waals surface area contributed by atoms with Crippen LogP contribution in [-0.2, 0) is 19.1 Å². The number of hydrogen-bond acceptors (Lipinski definition) is 4. The SMILES string of the molecule is COC1CC(CC(=O)O)N(C(=O)CCCOC(C)C)C1. The summed E-state index contributed by atoms with van der Waals surface area (Å²) >= 11 is 0. The van der Waals surface area contributed by atoms with E-state index in [1.54, 1.807) is 12.0 Å². The zero-order valence-corrected chi connectivity index (χ0v) is 12.5. The number of nitrogens with zero attached hydrogens (tertiary/aromatic N) is 1.